The highest BCUT2D eigenvalue weighted by Crippen LogP contribution is 2.16. The number of rotatable bonds is 5. The van der Waals surface area contributed by atoms with Crippen molar-refractivity contribution in [1.82, 2.24) is 14.9 Å². The third kappa shape index (κ3) is 2.69. The van der Waals surface area contributed by atoms with Crippen LogP contribution in [0.15, 0.2) is 18.2 Å². The third-order valence-corrected chi connectivity index (χ3v) is 3.15. The summed E-state index contributed by atoms with van der Waals surface area (Å²) in [4.78, 5) is 4.50. The fourth-order valence-electron chi connectivity index (χ4n) is 1.94. The highest BCUT2D eigenvalue weighted by Gasteiger charge is 2.05. The van der Waals surface area contributed by atoms with Crippen LogP contribution in [0.5, 0.6) is 0 Å². The van der Waals surface area contributed by atoms with E-state index in [0.29, 0.717) is 13.1 Å². The molecule has 0 spiro atoms. The maximum absolute atomic E-state index is 9.34. The molecule has 0 saturated carbocycles. The van der Waals surface area contributed by atoms with Crippen molar-refractivity contribution in [3.05, 3.63) is 29.6 Å². The van der Waals surface area contributed by atoms with E-state index >= 15 is 0 Å². The van der Waals surface area contributed by atoms with Gasteiger partial charge in [-0.2, -0.15) is 0 Å². The van der Waals surface area contributed by atoms with E-state index in [1.165, 1.54) is 0 Å². The lowest BCUT2D eigenvalue weighted by Gasteiger charge is -2.09. The van der Waals surface area contributed by atoms with E-state index in [1.807, 2.05) is 14.0 Å². The van der Waals surface area contributed by atoms with Crippen LogP contribution >= 0.6 is 0 Å². The number of aliphatic hydroxyl groups is 1. The number of benzene rings is 1. The second-order valence-electron chi connectivity index (χ2n) is 4.56. The van der Waals surface area contributed by atoms with Gasteiger partial charge in [0.05, 0.1) is 17.1 Å². The highest BCUT2D eigenvalue weighted by atomic mass is 16.3. The normalized spacial score (nSPS) is 13.1. The summed E-state index contributed by atoms with van der Waals surface area (Å²) in [5.74, 6) is 1.01. The van der Waals surface area contributed by atoms with Gasteiger partial charge in [-0.3, -0.25) is 0 Å². The van der Waals surface area contributed by atoms with E-state index in [-0.39, 0.29) is 6.54 Å². The zero-order chi connectivity index (χ0) is 13.1. The summed E-state index contributed by atoms with van der Waals surface area (Å²) < 4.78 is 2.07. The van der Waals surface area contributed by atoms with Gasteiger partial charge in [0.15, 0.2) is 0 Å². The van der Waals surface area contributed by atoms with Crippen LogP contribution in [0, 0.1) is 6.92 Å². The Bertz CT molecular complexity index is 535. The molecule has 1 atom stereocenters. The number of nitrogens with two attached hydrogens (primary N) is 1. The lowest BCUT2D eigenvalue weighted by Crippen LogP contribution is -2.32. The molecule has 1 heterocycles. The van der Waals surface area contributed by atoms with Gasteiger partial charge in [-0.05, 0) is 24.6 Å². The Morgan fingerprint density at radius 1 is 1.50 bits per heavy atom. The minimum Gasteiger partial charge on any atom is -0.390 e. The number of hydrogen-bond donors (Lipinski definition) is 3. The molecule has 5 nitrogen and oxygen atoms in total. The minimum atomic E-state index is -0.481. The summed E-state index contributed by atoms with van der Waals surface area (Å²) in [5, 5.41) is 12.5. The van der Waals surface area contributed by atoms with Gasteiger partial charge < -0.3 is 20.7 Å². The van der Waals surface area contributed by atoms with Gasteiger partial charge in [0.25, 0.3) is 0 Å². The Morgan fingerprint density at radius 2 is 2.28 bits per heavy atom. The number of aromatic nitrogens is 2. The van der Waals surface area contributed by atoms with Crippen LogP contribution in [-0.2, 0) is 13.6 Å². The number of aryl methyl sites for hydroxylation is 2. The predicted molar refractivity (Wildman–Crippen MR) is 72.2 cm³/mol. The molecule has 98 valence electrons. The topological polar surface area (TPSA) is 76.1 Å². The van der Waals surface area contributed by atoms with Crippen LogP contribution < -0.4 is 11.1 Å². The zero-order valence-electron chi connectivity index (χ0n) is 10.8. The molecule has 0 fully saturated rings. The predicted octanol–water partition coefficient (Wildman–Crippen LogP) is 0.291. The monoisotopic (exact) mass is 248 g/mol. The van der Waals surface area contributed by atoms with Gasteiger partial charge in [-0.15, -0.1) is 0 Å². The van der Waals surface area contributed by atoms with E-state index < -0.39 is 6.10 Å². The van der Waals surface area contributed by atoms with Crippen LogP contribution in [0.2, 0.25) is 0 Å². The summed E-state index contributed by atoms with van der Waals surface area (Å²) in [7, 11) is 2.01. The first-order chi connectivity index (χ1) is 8.61. The molecular formula is C13H20N4O. The van der Waals surface area contributed by atoms with Crippen molar-refractivity contribution in [2.45, 2.75) is 19.6 Å². The summed E-state index contributed by atoms with van der Waals surface area (Å²) >= 11 is 0. The van der Waals surface area contributed by atoms with E-state index in [4.69, 9.17) is 5.73 Å². The fraction of sp³-hybridized carbons (Fsp3) is 0.462. The number of hydrogen-bond acceptors (Lipinski definition) is 4. The summed E-state index contributed by atoms with van der Waals surface area (Å²) in [6.45, 7) is 3.50. The Balaban J connectivity index is 2.06. The van der Waals surface area contributed by atoms with Crippen LogP contribution in [0.1, 0.15) is 11.4 Å². The van der Waals surface area contributed by atoms with Crippen molar-refractivity contribution >= 4 is 11.0 Å². The summed E-state index contributed by atoms with van der Waals surface area (Å²) in [6, 6.07) is 6.22. The molecule has 0 bridgehead atoms. The van der Waals surface area contributed by atoms with Crippen molar-refractivity contribution in [3.8, 4) is 0 Å². The number of imidazole rings is 1. The molecule has 0 aliphatic rings. The molecule has 0 aliphatic carbocycles. The average molecular weight is 248 g/mol. The number of fused-ring (bicyclic) bond motifs is 1. The largest absolute Gasteiger partial charge is 0.390 e. The Morgan fingerprint density at radius 3 is 3.00 bits per heavy atom. The van der Waals surface area contributed by atoms with Crippen molar-refractivity contribution in [1.29, 1.82) is 0 Å². The van der Waals surface area contributed by atoms with Crippen LogP contribution in [-0.4, -0.2) is 33.9 Å². The molecule has 1 unspecified atom stereocenters. The maximum Gasteiger partial charge on any atom is 0.106 e. The van der Waals surface area contributed by atoms with E-state index in [0.717, 1.165) is 22.4 Å². The Kier molecular flexibility index (Phi) is 3.96. The van der Waals surface area contributed by atoms with Gasteiger partial charge in [0, 0.05) is 26.7 Å². The van der Waals surface area contributed by atoms with E-state index in [9.17, 15) is 5.11 Å². The van der Waals surface area contributed by atoms with Crippen molar-refractivity contribution < 1.29 is 5.11 Å². The van der Waals surface area contributed by atoms with Gasteiger partial charge in [0.1, 0.15) is 5.82 Å². The number of nitrogens with zero attached hydrogens (tertiary/aromatic N) is 2. The van der Waals surface area contributed by atoms with Crippen molar-refractivity contribution in [2.75, 3.05) is 13.1 Å². The second kappa shape index (κ2) is 5.48. The van der Waals surface area contributed by atoms with Gasteiger partial charge >= 0.3 is 0 Å². The van der Waals surface area contributed by atoms with E-state index in [1.54, 1.807) is 0 Å². The molecular weight excluding hydrogens is 228 g/mol. The molecule has 4 N–H and O–H groups in total. The van der Waals surface area contributed by atoms with Crippen molar-refractivity contribution in [2.24, 2.45) is 12.8 Å². The molecule has 0 amide bonds. The second-order valence-corrected chi connectivity index (χ2v) is 4.56. The first-order valence-corrected chi connectivity index (χ1v) is 6.12. The lowest BCUT2D eigenvalue weighted by molar-refractivity contribution is 0.179. The van der Waals surface area contributed by atoms with Gasteiger partial charge in [-0.1, -0.05) is 6.07 Å². The lowest BCUT2D eigenvalue weighted by atomic mass is 10.2. The maximum atomic E-state index is 9.34. The fourth-order valence-corrected chi connectivity index (χ4v) is 1.94. The molecule has 5 heteroatoms. The number of aliphatic hydroxyl groups excluding tert-OH is 1. The summed E-state index contributed by atoms with van der Waals surface area (Å²) in [6.07, 6.45) is -0.481. The molecule has 0 radical (unpaired) electrons. The minimum absolute atomic E-state index is 0.283. The molecule has 1 aromatic carbocycles. The SMILES string of the molecule is Cc1nc2cc(CNCC(O)CN)ccc2n1C. The van der Waals surface area contributed by atoms with Crippen LogP contribution in [0.4, 0.5) is 0 Å². The Hall–Kier alpha value is -1.43. The summed E-state index contributed by atoms with van der Waals surface area (Å²) in [5.41, 5.74) is 8.65. The average Bonchev–Trinajstić information content (AvgIpc) is 2.64. The van der Waals surface area contributed by atoms with Gasteiger partial charge in [0.2, 0.25) is 0 Å². The highest BCUT2D eigenvalue weighted by molar-refractivity contribution is 5.76. The first kappa shape index (κ1) is 13.0. The third-order valence-electron chi connectivity index (χ3n) is 3.15. The van der Waals surface area contributed by atoms with Gasteiger partial charge in [-0.25, -0.2) is 4.98 Å². The molecule has 18 heavy (non-hydrogen) atoms. The van der Waals surface area contributed by atoms with E-state index in [2.05, 4.69) is 33.1 Å². The van der Waals surface area contributed by atoms with Crippen molar-refractivity contribution in [3.63, 3.8) is 0 Å². The number of nitrogens with one attached hydrogen (secondary N) is 1. The smallest absolute Gasteiger partial charge is 0.106 e. The van der Waals surface area contributed by atoms with Crippen LogP contribution in [0.3, 0.4) is 0 Å². The molecule has 0 aliphatic heterocycles. The van der Waals surface area contributed by atoms with Crippen LogP contribution in [0.25, 0.3) is 11.0 Å². The zero-order valence-corrected chi connectivity index (χ0v) is 10.8. The molecule has 1 aromatic heterocycles. The molecule has 0 saturated heterocycles. The first-order valence-electron chi connectivity index (χ1n) is 6.12. The standard InChI is InChI=1S/C13H20N4O/c1-9-16-12-5-10(3-4-13(12)17(9)2)7-15-8-11(18)6-14/h3-5,11,15,18H,6-8,14H2,1-2H3. The Labute approximate surface area is 107 Å². The molecule has 2 aromatic rings. The quantitative estimate of drug-likeness (QED) is 0.711. The molecule has 2 rings (SSSR count).